The monoisotopic (exact) mass is 329 g/mol. The summed E-state index contributed by atoms with van der Waals surface area (Å²) in [6, 6.07) is 11.6. The average molecular weight is 330 g/mol. The molecular weight excluding hydrogens is 317 g/mol. The molecule has 0 atom stereocenters. The number of hydrogen-bond donors (Lipinski definition) is 1. The first-order valence-corrected chi connectivity index (χ1v) is 8.42. The van der Waals surface area contributed by atoms with E-state index in [1.165, 1.54) is 0 Å². The molecule has 106 valence electrons. The second kappa shape index (κ2) is 6.04. The van der Waals surface area contributed by atoms with Crippen LogP contribution in [0, 0.1) is 0 Å². The Morgan fingerprint density at radius 1 is 0.950 bits per heavy atom. The van der Waals surface area contributed by atoms with Gasteiger partial charge in [-0.25, -0.2) is 8.42 Å². The van der Waals surface area contributed by atoms with Crippen molar-refractivity contribution >= 4 is 38.7 Å². The molecule has 0 bridgehead atoms. The molecule has 2 rings (SSSR count). The second-order valence-corrected chi connectivity index (χ2v) is 7.42. The first-order chi connectivity index (χ1) is 9.35. The minimum Gasteiger partial charge on any atom is -0.399 e. The predicted molar refractivity (Wildman–Crippen MR) is 83.6 cm³/mol. The third-order valence-corrected chi connectivity index (χ3v) is 4.88. The average Bonchev–Trinajstić information content (AvgIpc) is 2.35. The predicted octanol–water partition coefficient (Wildman–Crippen LogP) is 3.69. The van der Waals surface area contributed by atoms with E-state index in [0.717, 1.165) is 0 Å². The van der Waals surface area contributed by atoms with Crippen LogP contribution in [0.3, 0.4) is 0 Å². The summed E-state index contributed by atoms with van der Waals surface area (Å²) < 4.78 is 24.3. The maximum absolute atomic E-state index is 12.2. The number of hydrogen-bond acceptors (Lipinski definition) is 3. The fraction of sp³-hybridized carbons (Fsp3) is 0.143. The lowest BCUT2D eigenvalue weighted by molar-refractivity contribution is 0.594. The molecular formula is C14H13Cl2NO2S. The molecule has 6 heteroatoms. The molecule has 2 N–H and O–H groups in total. The summed E-state index contributed by atoms with van der Waals surface area (Å²) in [7, 11) is -3.30. The smallest absolute Gasteiger partial charge is 0.158 e. The van der Waals surface area contributed by atoms with E-state index in [9.17, 15) is 8.42 Å². The molecule has 0 aliphatic carbocycles. The zero-order valence-corrected chi connectivity index (χ0v) is 12.8. The van der Waals surface area contributed by atoms with Gasteiger partial charge in [0.1, 0.15) is 0 Å². The van der Waals surface area contributed by atoms with Crippen LogP contribution in [0.15, 0.2) is 42.5 Å². The number of rotatable bonds is 4. The van der Waals surface area contributed by atoms with Crippen molar-refractivity contribution in [3.05, 3.63) is 63.6 Å². The van der Waals surface area contributed by atoms with Crippen LogP contribution < -0.4 is 5.73 Å². The molecule has 0 unspecified atom stereocenters. The highest BCUT2D eigenvalue weighted by Crippen LogP contribution is 2.23. The van der Waals surface area contributed by atoms with Crippen LogP contribution in [-0.4, -0.2) is 8.42 Å². The number of sulfone groups is 1. The van der Waals surface area contributed by atoms with E-state index in [1.54, 1.807) is 42.5 Å². The molecule has 0 amide bonds. The van der Waals surface area contributed by atoms with Crippen LogP contribution in [0.25, 0.3) is 0 Å². The summed E-state index contributed by atoms with van der Waals surface area (Å²) >= 11 is 11.8. The molecule has 0 radical (unpaired) electrons. The topological polar surface area (TPSA) is 60.2 Å². The lowest BCUT2D eigenvalue weighted by Gasteiger charge is -2.07. The normalized spacial score (nSPS) is 11.5. The van der Waals surface area contributed by atoms with Crippen LogP contribution in [-0.2, 0) is 21.3 Å². The van der Waals surface area contributed by atoms with Gasteiger partial charge in [0.05, 0.1) is 11.5 Å². The number of benzene rings is 2. The molecule has 2 aromatic rings. The summed E-state index contributed by atoms with van der Waals surface area (Å²) in [6.45, 7) is 0. The molecule has 3 nitrogen and oxygen atoms in total. The van der Waals surface area contributed by atoms with Gasteiger partial charge in [-0.1, -0.05) is 41.4 Å². The Labute approximate surface area is 128 Å². The Hall–Kier alpha value is -1.23. The van der Waals surface area contributed by atoms with Gasteiger partial charge < -0.3 is 5.73 Å². The Bertz CT molecular complexity index is 712. The summed E-state index contributed by atoms with van der Waals surface area (Å²) in [5, 5.41) is 0.942. The van der Waals surface area contributed by atoms with Crippen molar-refractivity contribution in [2.75, 3.05) is 5.73 Å². The van der Waals surface area contributed by atoms with Gasteiger partial charge >= 0.3 is 0 Å². The van der Waals surface area contributed by atoms with E-state index >= 15 is 0 Å². The highest BCUT2D eigenvalue weighted by atomic mass is 35.5. The van der Waals surface area contributed by atoms with Gasteiger partial charge in [-0.3, -0.25) is 0 Å². The van der Waals surface area contributed by atoms with Crippen molar-refractivity contribution in [2.24, 2.45) is 0 Å². The maximum atomic E-state index is 12.2. The van der Waals surface area contributed by atoms with Gasteiger partial charge in [0.25, 0.3) is 0 Å². The van der Waals surface area contributed by atoms with E-state index in [4.69, 9.17) is 28.9 Å². The molecule has 0 saturated carbocycles. The second-order valence-electron chi connectivity index (χ2n) is 4.51. The zero-order valence-electron chi connectivity index (χ0n) is 10.5. The standard InChI is InChI=1S/C14H13Cl2NO2S/c15-12-4-1-10(2-5-12)8-20(18,19)9-11-3-6-13(17)7-14(11)16/h1-7H,8-9,17H2. The number of halogens is 2. The molecule has 0 fully saturated rings. The molecule has 2 aromatic carbocycles. The first-order valence-electron chi connectivity index (χ1n) is 5.84. The van der Waals surface area contributed by atoms with Gasteiger partial charge in [0, 0.05) is 15.7 Å². The minimum atomic E-state index is -3.30. The quantitative estimate of drug-likeness (QED) is 0.870. The third-order valence-electron chi connectivity index (χ3n) is 2.75. The van der Waals surface area contributed by atoms with E-state index in [2.05, 4.69) is 0 Å². The van der Waals surface area contributed by atoms with Crippen LogP contribution in [0.2, 0.25) is 10.0 Å². The van der Waals surface area contributed by atoms with Gasteiger partial charge in [0.15, 0.2) is 9.84 Å². The molecule has 0 aliphatic heterocycles. The van der Waals surface area contributed by atoms with Crippen molar-refractivity contribution in [3.8, 4) is 0 Å². The van der Waals surface area contributed by atoms with E-state index in [0.29, 0.717) is 26.9 Å². The van der Waals surface area contributed by atoms with Crippen molar-refractivity contribution in [1.29, 1.82) is 0 Å². The van der Waals surface area contributed by atoms with Crippen LogP contribution in [0.4, 0.5) is 5.69 Å². The van der Waals surface area contributed by atoms with Gasteiger partial charge in [-0.05, 0) is 35.4 Å². The molecule has 20 heavy (non-hydrogen) atoms. The fourth-order valence-electron chi connectivity index (χ4n) is 1.80. The molecule has 0 saturated heterocycles. The Balaban J connectivity index is 2.17. The molecule has 0 heterocycles. The van der Waals surface area contributed by atoms with Gasteiger partial charge in [-0.15, -0.1) is 0 Å². The lowest BCUT2D eigenvalue weighted by atomic mass is 10.2. The molecule has 0 aliphatic rings. The summed E-state index contributed by atoms with van der Waals surface area (Å²) in [6.07, 6.45) is 0. The number of nitrogen functional groups attached to an aromatic ring is 1. The van der Waals surface area contributed by atoms with Crippen LogP contribution in [0.5, 0.6) is 0 Å². The highest BCUT2D eigenvalue weighted by molar-refractivity contribution is 7.89. The van der Waals surface area contributed by atoms with E-state index in [1.807, 2.05) is 0 Å². The summed E-state index contributed by atoms with van der Waals surface area (Å²) in [5.74, 6) is -0.167. The largest absolute Gasteiger partial charge is 0.399 e. The molecule has 0 aromatic heterocycles. The minimum absolute atomic E-state index is 0.0507. The highest BCUT2D eigenvalue weighted by Gasteiger charge is 2.15. The summed E-state index contributed by atoms with van der Waals surface area (Å²) in [5.41, 5.74) is 7.34. The van der Waals surface area contributed by atoms with Crippen molar-refractivity contribution in [1.82, 2.24) is 0 Å². The zero-order chi connectivity index (χ0) is 14.8. The van der Waals surface area contributed by atoms with E-state index < -0.39 is 9.84 Å². The Morgan fingerprint density at radius 2 is 1.60 bits per heavy atom. The van der Waals surface area contributed by atoms with Gasteiger partial charge in [0.2, 0.25) is 0 Å². The van der Waals surface area contributed by atoms with Gasteiger partial charge in [-0.2, -0.15) is 0 Å². The Kier molecular flexibility index (Phi) is 4.58. The third kappa shape index (κ3) is 4.13. The Morgan fingerprint density at radius 3 is 2.20 bits per heavy atom. The van der Waals surface area contributed by atoms with Crippen LogP contribution >= 0.6 is 23.2 Å². The first kappa shape index (κ1) is 15.2. The SMILES string of the molecule is Nc1ccc(CS(=O)(=O)Cc2ccc(Cl)cc2)c(Cl)c1. The molecule has 0 spiro atoms. The van der Waals surface area contributed by atoms with Crippen molar-refractivity contribution in [2.45, 2.75) is 11.5 Å². The van der Waals surface area contributed by atoms with Crippen molar-refractivity contribution in [3.63, 3.8) is 0 Å². The maximum Gasteiger partial charge on any atom is 0.158 e. The number of anilines is 1. The van der Waals surface area contributed by atoms with Crippen LogP contribution in [0.1, 0.15) is 11.1 Å². The van der Waals surface area contributed by atoms with Crippen molar-refractivity contribution < 1.29 is 8.42 Å². The lowest BCUT2D eigenvalue weighted by Crippen LogP contribution is -2.08. The fourth-order valence-corrected chi connectivity index (χ4v) is 3.79. The summed E-state index contributed by atoms with van der Waals surface area (Å²) in [4.78, 5) is 0. The van der Waals surface area contributed by atoms with E-state index in [-0.39, 0.29) is 11.5 Å². The number of nitrogens with two attached hydrogens (primary N) is 1.